The van der Waals surface area contributed by atoms with Gasteiger partial charge in [-0.2, -0.15) is 0 Å². The van der Waals surface area contributed by atoms with Crippen molar-refractivity contribution in [2.24, 2.45) is 0 Å². The second-order valence-corrected chi connectivity index (χ2v) is 7.22. The molecule has 0 saturated carbocycles. The summed E-state index contributed by atoms with van der Waals surface area (Å²) in [5.74, 6) is 0.403. The Kier molecular flexibility index (Phi) is 4.21. The summed E-state index contributed by atoms with van der Waals surface area (Å²) in [6.07, 6.45) is 2.35. The SMILES string of the molecule is O=C1OC(CO)CN1c1ccc(-c2ccc3c(c2)CN(c2ncc[nH]2)C3)c(F)c1. The molecule has 2 aliphatic heterocycles. The normalized spacial score (nSPS) is 18.3. The summed E-state index contributed by atoms with van der Waals surface area (Å²) in [5.41, 5.74) is 4.00. The number of H-pyrrole nitrogens is 1. The Morgan fingerprint density at radius 2 is 2.07 bits per heavy atom. The molecule has 1 aromatic heterocycles. The van der Waals surface area contributed by atoms with Crippen molar-refractivity contribution in [2.45, 2.75) is 19.2 Å². The molecule has 3 heterocycles. The van der Waals surface area contributed by atoms with Gasteiger partial charge in [-0.15, -0.1) is 0 Å². The van der Waals surface area contributed by atoms with Gasteiger partial charge in [-0.25, -0.2) is 14.2 Å². The summed E-state index contributed by atoms with van der Waals surface area (Å²) in [7, 11) is 0. The van der Waals surface area contributed by atoms with Gasteiger partial charge in [0.25, 0.3) is 0 Å². The van der Waals surface area contributed by atoms with E-state index in [-0.39, 0.29) is 13.2 Å². The molecule has 1 saturated heterocycles. The molecule has 148 valence electrons. The van der Waals surface area contributed by atoms with Gasteiger partial charge in [0.1, 0.15) is 11.9 Å². The fourth-order valence-electron chi connectivity index (χ4n) is 3.88. The van der Waals surface area contributed by atoms with Gasteiger partial charge in [0.05, 0.1) is 18.8 Å². The van der Waals surface area contributed by atoms with Crippen LogP contribution < -0.4 is 9.80 Å². The molecule has 5 rings (SSSR count). The van der Waals surface area contributed by atoms with Gasteiger partial charge in [0.15, 0.2) is 0 Å². The second-order valence-electron chi connectivity index (χ2n) is 7.22. The van der Waals surface area contributed by atoms with E-state index in [4.69, 9.17) is 9.84 Å². The minimum Gasteiger partial charge on any atom is -0.441 e. The molecule has 0 aliphatic carbocycles. The number of nitrogens with one attached hydrogen (secondary N) is 1. The number of aromatic amines is 1. The second kappa shape index (κ2) is 6.89. The Morgan fingerprint density at radius 1 is 1.21 bits per heavy atom. The highest BCUT2D eigenvalue weighted by atomic mass is 19.1. The number of ether oxygens (including phenoxy) is 1. The zero-order chi connectivity index (χ0) is 20.0. The number of anilines is 2. The van der Waals surface area contributed by atoms with Crippen LogP contribution in [0.25, 0.3) is 11.1 Å². The number of fused-ring (bicyclic) bond motifs is 1. The van der Waals surface area contributed by atoms with Crippen molar-refractivity contribution >= 4 is 17.7 Å². The molecule has 1 fully saturated rings. The van der Waals surface area contributed by atoms with Gasteiger partial charge in [0, 0.05) is 31.0 Å². The highest BCUT2D eigenvalue weighted by Crippen LogP contribution is 2.33. The molecule has 2 aromatic carbocycles. The number of aliphatic hydroxyl groups excluding tert-OH is 1. The first-order valence-corrected chi connectivity index (χ1v) is 9.37. The standard InChI is InChI=1S/C21H19FN4O3/c22-19-8-16(26-11-17(12-27)29-21(26)28)3-4-18(19)13-1-2-14-9-25(10-15(14)7-13)20-23-5-6-24-20/h1-8,17,27H,9-12H2,(H,23,24). The number of hydrogen-bond acceptors (Lipinski definition) is 5. The third-order valence-corrected chi connectivity index (χ3v) is 5.37. The van der Waals surface area contributed by atoms with Crippen LogP contribution in [0.1, 0.15) is 11.1 Å². The van der Waals surface area contributed by atoms with Gasteiger partial charge in [-0.05, 0) is 41.0 Å². The summed E-state index contributed by atoms with van der Waals surface area (Å²) in [6.45, 7) is 1.41. The molecule has 0 spiro atoms. The first kappa shape index (κ1) is 17.7. The van der Waals surface area contributed by atoms with Crippen LogP contribution in [0.3, 0.4) is 0 Å². The number of nitrogens with zero attached hydrogens (tertiary/aromatic N) is 3. The Hall–Kier alpha value is -3.39. The molecule has 0 bridgehead atoms. The Morgan fingerprint density at radius 3 is 2.79 bits per heavy atom. The van der Waals surface area contributed by atoms with Gasteiger partial charge >= 0.3 is 6.09 Å². The number of rotatable bonds is 4. The number of imidazole rings is 1. The van der Waals surface area contributed by atoms with Crippen molar-refractivity contribution in [1.29, 1.82) is 0 Å². The molecule has 2 aliphatic rings. The van der Waals surface area contributed by atoms with Gasteiger partial charge in [-0.1, -0.05) is 12.1 Å². The number of amides is 1. The van der Waals surface area contributed by atoms with Crippen LogP contribution >= 0.6 is 0 Å². The van der Waals surface area contributed by atoms with Crippen LogP contribution in [0.4, 0.5) is 20.8 Å². The molecular formula is C21H19FN4O3. The largest absolute Gasteiger partial charge is 0.441 e. The summed E-state index contributed by atoms with van der Waals surface area (Å²) in [6, 6.07) is 10.6. The average molecular weight is 394 g/mol. The molecule has 1 unspecified atom stereocenters. The van der Waals surface area contributed by atoms with Crippen LogP contribution in [0, 0.1) is 5.82 Å². The number of halogens is 1. The maximum absolute atomic E-state index is 14.9. The van der Waals surface area contributed by atoms with E-state index in [1.165, 1.54) is 16.5 Å². The Bertz CT molecular complexity index is 1070. The van der Waals surface area contributed by atoms with Crippen LogP contribution in [0.2, 0.25) is 0 Å². The summed E-state index contributed by atoms with van der Waals surface area (Å²) in [4.78, 5) is 22.8. The minimum absolute atomic E-state index is 0.204. The first-order chi connectivity index (χ1) is 14.1. The monoisotopic (exact) mass is 394 g/mol. The van der Waals surface area contributed by atoms with Crippen LogP contribution in [0.15, 0.2) is 48.8 Å². The molecule has 0 radical (unpaired) electrons. The number of aliphatic hydroxyl groups is 1. The molecule has 2 N–H and O–H groups in total. The molecule has 8 heteroatoms. The highest BCUT2D eigenvalue weighted by molar-refractivity contribution is 5.90. The predicted octanol–water partition coefficient (Wildman–Crippen LogP) is 3.05. The van der Waals surface area contributed by atoms with Crippen molar-refractivity contribution in [3.05, 3.63) is 65.7 Å². The molecule has 1 amide bonds. The van der Waals surface area contributed by atoms with E-state index >= 15 is 0 Å². The van der Waals surface area contributed by atoms with Crippen molar-refractivity contribution in [1.82, 2.24) is 9.97 Å². The zero-order valence-electron chi connectivity index (χ0n) is 15.5. The van der Waals surface area contributed by atoms with Crippen molar-refractivity contribution in [3.8, 4) is 11.1 Å². The minimum atomic E-state index is -0.584. The maximum atomic E-state index is 14.9. The van der Waals surface area contributed by atoms with E-state index in [2.05, 4.69) is 14.9 Å². The lowest BCUT2D eigenvalue weighted by Crippen LogP contribution is -2.25. The number of hydrogen-bond donors (Lipinski definition) is 2. The Labute approximate surface area is 166 Å². The fraction of sp³-hybridized carbons (Fsp3) is 0.238. The summed E-state index contributed by atoms with van der Waals surface area (Å²) < 4.78 is 19.9. The predicted molar refractivity (Wildman–Crippen MR) is 105 cm³/mol. The first-order valence-electron chi connectivity index (χ1n) is 9.37. The van der Waals surface area contributed by atoms with Crippen molar-refractivity contribution < 1.29 is 19.0 Å². The van der Waals surface area contributed by atoms with E-state index < -0.39 is 18.0 Å². The molecule has 29 heavy (non-hydrogen) atoms. The lowest BCUT2D eigenvalue weighted by atomic mass is 10.00. The van der Waals surface area contributed by atoms with Crippen LogP contribution in [-0.2, 0) is 17.8 Å². The van der Waals surface area contributed by atoms with E-state index in [1.807, 2.05) is 18.2 Å². The third kappa shape index (κ3) is 3.11. The Balaban J connectivity index is 1.40. The molecule has 7 nitrogen and oxygen atoms in total. The van der Waals surface area contributed by atoms with E-state index in [0.717, 1.165) is 23.6 Å². The molecule has 3 aromatic rings. The van der Waals surface area contributed by atoms with Crippen LogP contribution in [0.5, 0.6) is 0 Å². The van der Waals surface area contributed by atoms with Gasteiger partial charge in [0.2, 0.25) is 5.95 Å². The maximum Gasteiger partial charge on any atom is 0.414 e. The molecular weight excluding hydrogens is 375 g/mol. The van der Waals surface area contributed by atoms with Crippen LogP contribution in [-0.4, -0.2) is 40.4 Å². The van der Waals surface area contributed by atoms with Gasteiger partial charge < -0.3 is 19.7 Å². The molecule has 1 atom stereocenters. The lowest BCUT2D eigenvalue weighted by molar-refractivity contribution is 0.0963. The van der Waals surface area contributed by atoms with E-state index in [0.29, 0.717) is 17.8 Å². The van der Waals surface area contributed by atoms with Crippen molar-refractivity contribution in [3.63, 3.8) is 0 Å². The number of carbonyl (C=O) groups is 1. The summed E-state index contributed by atoms with van der Waals surface area (Å²) in [5, 5.41) is 9.16. The summed E-state index contributed by atoms with van der Waals surface area (Å²) >= 11 is 0. The quantitative estimate of drug-likeness (QED) is 0.711. The highest BCUT2D eigenvalue weighted by Gasteiger charge is 2.32. The lowest BCUT2D eigenvalue weighted by Gasteiger charge is -2.14. The number of carbonyl (C=O) groups excluding carboxylic acids is 1. The third-order valence-electron chi connectivity index (χ3n) is 5.37. The van der Waals surface area contributed by atoms with E-state index in [1.54, 1.807) is 24.5 Å². The number of aromatic nitrogens is 2. The van der Waals surface area contributed by atoms with Crippen molar-refractivity contribution in [2.75, 3.05) is 23.0 Å². The topological polar surface area (TPSA) is 81.7 Å². The fourth-order valence-corrected chi connectivity index (χ4v) is 3.88. The number of cyclic esters (lactones) is 1. The smallest absolute Gasteiger partial charge is 0.414 e. The van der Waals surface area contributed by atoms with E-state index in [9.17, 15) is 9.18 Å². The average Bonchev–Trinajstić information content (AvgIpc) is 3.46. The zero-order valence-corrected chi connectivity index (χ0v) is 15.5. The number of benzene rings is 2. The van der Waals surface area contributed by atoms with Gasteiger partial charge in [-0.3, -0.25) is 4.90 Å².